The third-order valence-electron chi connectivity index (χ3n) is 2.99. The average Bonchev–Trinajstić information content (AvgIpc) is 2.70. The van der Waals surface area contributed by atoms with Crippen molar-refractivity contribution >= 4 is 0 Å². The minimum absolute atomic E-state index is 0.181. The normalized spacial score (nSPS) is 16.2. The van der Waals surface area contributed by atoms with Crippen molar-refractivity contribution in [3.63, 3.8) is 0 Å². The molecule has 0 saturated heterocycles. The molecule has 15 heavy (non-hydrogen) atoms. The first-order valence-electron chi connectivity index (χ1n) is 5.94. The molecule has 0 amide bonds. The third kappa shape index (κ3) is 4.99. The molecule has 0 unspecified atom stereocenters. The van der Waals surface area contributed by atoms with Crippen LogP contribution in [0.15, 0.2) is 11.6 Å². The second-order valence-electron chi connectivity index (χ2n) is 5.00. The van der Waals surface area contributed by atoms with Crippen molar-refractivity contribution < 1.29 is 0 Å². The molecule has 0 atom stereocenters. The van der Waals surface area contributed by atoms with Gasteiger partial charge in [0.15, 0.2) is 0 Å². The molecule has 0 heterocycles. The van der Waals surface area contributed by atoms with Gasteiger partial charge in [-0.15, -0.1) is 0 Å². The van der Waals surface area contributed by atoms with Gasteiger partial charge < -0.3 is 5.32 Å². The van der Waals surface area contributed by atoms with Crippen LogP contribution < -0.4 is 5.32 Å². The summed E-state index contributed by atoms with van der Waals surface area (Å²) in [6, 6.07) is 2.32. The van der Waals surface area contributed by atoms with Gasteiger partial charge in [0.1, 0.15) is 0 Å². The Morgan fingerprint density at radius 2 is 2.27 bits per heavy atom. The maximum Gasteiger partial charge on any atom is 0.0684 e. The van der Waals surface area contributed by atoms with Crippen molar-refractivity contribution in [1.29, 1.82) is 5.26 Å². The number of hydrogen-bond donors (Lipinski definition) is 1. The highest BCUT2D eigenvalue weighted by Gasteiger charge is 2.15. The molecule has 84 valence electrons. The number of rotatable bonds is 6. The molecule has 1 N–H and O–H groups in total. The van der Waals surface area contributed by atoms with Crippen LogP contribution >= 0.6 is 0 Å². The molecular weight excluding hydrogens is 184 g/mol. The van der Waals surface area contributed by atoms with Crippen LogP contribution in [0.1, 0.15) is 46.0 Å². The molecule has 1 aliphatic carbocycles. The number of nitrogens with one attached hydrogen (secondary N) is 1. The van der Waals surface area contributed by atoms with Crippen LogP contribution in [0, 0.1) is 16.7 Å². The quantitative estimate of drug-likeness (QED) is 0.535. The summed E-state index contributed by atoms with van der Waals surface area (Å²) in [5.41, 5.74) is 1.43. The summed E-state index contributed by atoms with van der Waals surface area (Å²) in [6.07, 6.45) is 8.41. The van der Waals surface area contributed by atoms with E-state index in [0.717, 1.165) is 19.5 Å². The Morgan fingerprint density at radius 1 is 1.47 bits per heavy atom. The minimum Gasteiger partial charge on any atom is -0.316 e. The molecule has 0 saturated carbocycles. The predicted molar refractivity (Wildman–Crippen MR) is 63.4 cm³/mol. The summed E-state index contributed by atoms with van der Waals surface area (Å²) >= 11 is 0. The third-order valence-corrected chi connectivity index (χ3v) is 2.99. The first-order valence-corrected chi connectivity index (χ1v) is 5.94. The number of hydrogen-bond acceptors (Lipinski definition) is 2. The fraction of sp³-hybridized carbons (Fsp3) is 0.769. The van der Waals surface area contributed by atoms with Crippen molar-refractivity contribution in [3.8, 4) is 6.07 Å². The maximum absolute atomic E-state index is 8.84. The Morgan fingerprint density at radius 3 is 2.87 bits per heavy atom. The second-order valence-corrected chi connectivity index (χ2v) is 5.00. The van der Waals surface area contributed by atoms with Crippen LogP contribution in [0.25, 0.3) is 0 Å². The summed E-state index contributed by atoms with van der Waals surface area (Å²) in [7, 11) is 0. The second kappa shape index (κ2) is 5.92. The van der Waals surface area contributed by atoms with Gasteiger partial charge in [-0.05, 0) is 59.0 Å². The van der Waals surface area contributed by atoms with Gasteiger partial charge in [-0.3, -0.25) is 0 Å². The molecule has 1 rings (SSSR count). The molecule has 0 fully saturated rings. The fourth-order valence-corrected chi connectivity index (χ4v) is 1.80. The van der Waals surface area contributed by atoms with E-state index < -0.39 is 0 Å². The van der Waals surface area contributed by atoms with Crippen LogP contribution in [0.2, 0.25) is 0 Å². The van der Waals surface area contributed by atoms with Crippen molar-refractivity contribution in [1.82, 2.24) is 5.32 Å². The van der Waals surface area contributed by atoms with E-state index in [9.17, 15) is 0 Å². The van der Waals surface area contributed by atoms with Crippen LogP contribution in [0.4, 0.5) is 0 Å². The maximum atomic E-state index is 8.84. The van der Waals surface area contributed by atoms with E-state index in [2.05, 4.69) is 17.5 Å². The first-order chi connectivity index (χ1) is 7.14. The van der Waals surface area contributed by atoms with E-state index in [4.69, 9.17) is 5.26 Å². The van der Waals surface area contributed by atoms with Crippen LogP contribution in [0.5, 0.6) is 0 Å². The van der Waals surface area contributed by atoms with Crippen LogP contribution in [0.3, 0.4) is 0 Å². The van der Waals surface area contributed by atoms with E-state index in [1.54, 1.807) is 5.57 Å². The van der Waals surface area contributed by atoms with Crippen molar-refractivity contribution in [2.24, 2.45) is 5.41 Å². The minimum atomic E-state index is -0.181. The zero-order valence-corrected chi connectivity index (χ0v) is 9.97. The van der Waals surface area contributed by atoms with E-state index in [-0.39, 0.29) is 5.41 Å². The van der Waals surface area contributed by atoms with E-state index in [1.165, 1.54) is 25.7 Å². The lowest BCUT2D eigenvalue weighted by Crippen LogP contribution is -2.22. The van der Waals surface area contributed by atoms with E-state index in [0.29, 0.717) is 0 Å². The Kier molecular flexibility index (Phi) is 4.84. The highest BCUT2D eigenvalue weighted by molar-refractivity contribution is 5.07. The van der Waals surface area contributed by atoms with Gasteiger partial charge in [-0.25, -0.2) is 0 Å². The number of allylic oxidation sites excluding steroid dienone is 1. The van der Waals surface area contributed by atoms with Crippen LogP contribution in [-0.2, 0) is 0 Å². The molecule has 0 bridgehead atoms. The predicted octanol–water partition coefficient (Wildman–Crippen LogP) is 3.02. The lowest BCUT2D eigenvalue weighted by molar-refractivity contribution is 0.433. The molecule has 0 aromatic carbocycles. The summed E-state index contributed by atoms with van der Waals surface area (Å²) in [5.74, 6) is 0. The lowest BCUT2D eigenvalue weighted by atomic mass is 9.91. The molecule has 0 radical (unpaired) electrons. The van der Waals surface area contributed by atoms with Crippen LogP contribution in [-0.4, -0.2) is 13.1 Å². The van der Waals surface area contributed by atoms with Gasteiger partial charge in [0, 0.05) is 0 Å². The van der Waals surface area contributed by atoms with Gasteiger partial charge in [0.05, 0.1) is 11.5 Å². The van der Waals surface area contributed by atoms with Crippen molar-refractivity contribution in [2.75, 3.05) is 13.1 Å². The largest absolute Gasteiger partial charge is 0.316 e. The van der Waals surface area contributed by atoms with E-state index >= 15 is 0 Å². The Balaban J connectivity index is 2.00. The fourth-order valence-electron chi connectivity index (χ4n) is 1.80. The lowest BCUT2D eigenvalue weighted by Gasteiger charge is -2.15. The zero-order chi connectivity index (χ0) is 11.1. The molecule has 0 aromatic heterocycles. The molecule has 0 aromatic rings. The summed E-state index contributed by atoms with van der Waals surface area (Å²) in [4.78, 5) is 0. The number of nitriles is 1. The van der Waals surface area contributed by atoms with Crippen molar-refractivity contribution in [2.45, 2.75) is 46.0 Å². The van der Waals surface area contributed by atoms with Gasteiger partial charge >= 0.3 is 0 Å². The van der Waals surface area contributed by atoms with Gasteiger partial charge in [-0.2, -0.15) is 5.26 Å². The number of nitrogens with zero attached hydrogens (tertiary/aromatic N) is 1. The molecule has 0 aliphatic heterocycles. The average molecular weight is 206 g/mol. The molecule has 2 nitrogen and oxygen atoms in total. The highest BCUT2D eigenvalue weighted by atomic mass is 14.8. The van der Waals surface area contributed by atoms with Gasteiger partial charge in [-0.1, -0.05) is 11.6 Å². The SMILES string of the molecule is CC(C)(C#N)CCNCCC1=CCCC1. The Hall–Kier alpha value is -0.810. The highest BCUT2D eigenvalue weighted by Crippen LogP contribution is 2.20. The zero-order valence-electron chi connectivity index (χ0n) is 9.97. The standard InChI is InChI=1S/C13H22N2/c1-13(2,11-14)8-10-15-9-7-12-5-3-4-6-12/h5,15H,3-4,6-10H2,1-2H3. The molecule has 1 aliphatic rings. The Labute approximate surface area is 93.4 Å². The smallest absolute Gasteiger partial charge is 0.0684 e. The van der Waals surface area contributed by atoms with Gasteiger partial charge in [0.2, 0.25) is 0 Å². The van der Waals surface area contributed by atoms with Gasteiger partial charge in [0.25, 0.3) is 0 Å². The molecule has 2 heteroatoms. The summed E-state index contributed by atoms with van der Waals surface area (Å²) < 4.78 is 0. The first kappa shape index (κ1) is 12.3. The monoisotopic (exact) mass is 206 g/mol. The summed E-state index contributed by atoms with van der Waals surface area (Å²) in [6.45, 7) is 6.00. The summed E-state index contributed by atoms with van der Waals surface area (Å²) in [5, 5.41) is 12.2. The van der Waals surface area contributed by atoms with Crippen molar-refractivity contribution in [3.05, 3.63) is 11.6 Å². The molecular formula is C13H22N2. The van der Waals surface area contributed by atoms with E-state index in [1.807, 2.05) is 13.8 Å². The Bertz CT molecular complexity index is 258. The topological polar surface area (TPSA) is 35.8 Å². The molecule has 0 spiro atoms.